The van der Waals surface area contributed by atoms with E-state index < -0.39 is 5.97 Å². The number of hydrogen-bond donors (Lipinski definition) is 3. The third-order valence-electron chi connectivity index (χ3n) is 3.51. The molecule has 0 bridgehead atoms. The van der Waals surface area contributed by atoms with Crippen molar-refractivity contribution in [2.24, 2.45) is 0 Å². The summed E-state index contributed by atoms with van der Waals surface area (Å²) in [6, 6.07) is -0.0664. The molecule has 0 spiro atoms. The van der Waals surface area contributed by atoms with Crippen molar-refractivity contribution >= 4 is 12.0 Å². The molecule has 3 N–H and O–H groups in total. The van der Waals surface area contributed by atoms with Crippen molar-refractivity contribution in [3.63, 3.8) is 0 Å². The van der Waals surface area contributed by atoms with Gasteiger partial charge in [0.05, 0.1) is 12.2 Å². The quantitative estimate of drug-likeness (QED) is 0.712. The lowest BCUT2D eigenvalue weighted by atomic mass is 9.98. The summed E-state index contributed by atoms with van der Waals surface area (Å²) >= 11 is 0. The predicted octanol–water partition coefficient (Wildman–Crippen LogP) is 1.51. The zero-order valence-corrected chi connectivity index (χ0v) is 11.3. The lowest BCUT2D eigenvalue weighted by Gasteiger charge is -2.35. The molecule has 110 valence electrons. The Balaban J connectivity index is 1.87. The summed E-state index contributed by atoms with van der Waals surface area (Å²) in [7, 11) is 0. The van der Waals surface area contributed by atoms with Gasteiger partial charge in [-0.2, -0.15) is 5.10 Å². The Hall–Kier alpha value is -2.05. The molecule has 0 aliphatic carbocycles. The number of amides is 2. The van der Waals surface area contributed by atoms with E-state index in [1.165, 1.54) is 0 Å². The highest BCUT2D eigenvalue weighted by Crippen LogP contribution is 2.30. The minimum absolute atomic E-state index is 0.0574. The van der Waals surface area contributed by atoms with Crippen LogP contribution in [0.15, 0.2) is 12.4 Å². The van der Waals surface area contributed by atoms with E-state index in [0.717, 1.165) is 31.4 Å². The number of nitrogens with zero attached hydrogens (tertiary/aromatic N) is 2. The van der Waals surface area contributed by atoms with Crippen molar-refractivity contribution < 1.29 is 14.7 Å². The number of aliphatic carboxylic acids is 1. The molecule has 0 radical (unpaired) electrons. The van der Waals surface area contributed by atoms with E-state index >= 15 is 0 Å². The average Bonchev–Trinajstić information content (AvgIpc) is 2.97. The fourth-order valence-electron chi connectivity index (χ4n) is 2.50. The van der Waals surface area contributed by atoms with E-state index in [-0.39, 0.29) is 18.5 Å². The van der Waals surface area contributed by atoms with Gasteiger partial charge in [0, 0.05) is 31.3 Å². The highest BCUT2D eigenvalue weighted by atomic mass is 16.4. The van der Waals surface area contributed by atoms with Gasteiger partial charge in [0.1, 0.15) is 0 Å². The Kier molecular flexibility index (Phi) is 4.97. The molecule has 1 aromatic rings. The molecular weight excluding hydrogens is 260 g/mol. The highest BCUT2D eigenvalue weighted by molar-refractivity contribution is 5.75. The third kappa shape index (κ3) is 3.72. The second-order valence-electron chi connectivity index (χ2n) is 4.97. The summed E-state index contributed by atoms with van der Waals surface area (Å²) in [6.07, 6.45) is 7.12. The number of aromatic nitrogens is 2. The molecule has 1 aromatic heterocycles. The van der Waals surface area contributed by atoms with Crippen LogP contribution in [0.2, 0.25) is 0 Å². The van der Waals surface area contributed by atoms with Gasteiger partial charge < -0.3 is 15.3 Å². The molecule has 2 amide bonds. The lowest BCUT2D eigenvalue weighted by Crippen LogP contribution is -2.44. The minimum atomic E-state index is -0.839. The van der Waals surface area contributed by atoms with Crippen molar-refractivity contribution in [3.8, 4) is 0 Å². The van der Waals surface area contributed by atoms with Gasteiger partial charge in [-0.3, -0.25) is 9.89 Å². The van der Waals surface area contributed by atoms with Gasteiger partial charge in [0.15, 0.2) is 0 Å². The normalized spacial score (nSPS) is 18.8. The monoisotopic (exact) mass is 280 g/mol. The van der Waals surface area contributed by atoms with Crippen LogP contribution in [0.5, 0.6) is 0 Å². The Labute approximate surface area is 117 Å². The second-order valence-corrected chi connectivity index (χ2v) is 4.97. The molecule has 0 aromatic carbocycles. The summed E-state index contributed by atoms with van der Waals surface area (Å²) in [5, 5.41) is 18.1. The number of hydrogen-bond acceptors (Lipinski definition) is 3. The van der Waals surface area contributed by atoms with Gasteiger partial charge in [0.2, 0.25) is 0 Å². The number of nitrogens with one attached hydrogen (secondary N) is 2. The Morgan fingerprint density at radius 1 is 1.50 bits per heavy atom. The van der Waals surface area contributed by atoms with Crippen LogP contribution >= 0.6 is 0 Å². The van der Waals surface area contributed by atoms with Crippen LogP contribution in [0.25, 0.3) is 0 Å². The SMILES string of the molecule is O=C(O)CCCNC(=O)N1CCCCC1c1cn[nH]c1. The molecule has 7 nitrogen and oxygen atoms in total. The first-order valence-corrected chi connectivity index (χ1v) is 6.93. The van der Waals surface area contributed by atoms with Crippen LogP contribution in [-0.2, 0) is 4.79 Å². The molecule has 1 saturated heterocycles. The molecular formula is C13H20N4O3. The van der Waals surface area contributed by atoms with Crippen LogP contribution in [0.4, 0.5) is 4.79 Å². The summed E-state index contributed by atoms with van der Waals surface area (Å²) < 4.78 is 0. The standard InChI is InChI=1S/C13H20N4O3/c18-12(19)5-3-6-14-13(20)17-7-2-1-4-11(17)10-8-15-16-9-10/h8-9,11H,1-7H2,(H,14,20)(H,15,16)(H,18,19). The van der Waals surface area contributed by atoms with Crippen molar-refractivity contribution in [1.29, 1.82) is 0 Å². The van der Waals surface area contributed by atoms with Gasteiger partial charge >= 0.3 is 12.0 Å². The van der Waals surface area contributed by atoms with Crippen LogP contribution in [0.1, 0.15) is 43.7 Å². The van der Waals surface area contributed by atoms with Gasteiger partial charge in [0.25, 0.3) is 0 Å². The molecule has 20 heavy (non-hydrogen) atoms. The fourth-order valence-corrected chi connectivity index (χ4v) is 2.50. The molecule has 1 aliphatic heterocycles. The first-order chi connectivity index (χ1) is 9.68. The molecule has 1 atom stereocenters. The van der Waals surface area contributed by atoms with Crippen molar-refractivity contribution in [2.45, 2.75) is 38.1 Å². The minimum Gasteiger partial charge on any atom is -0.481 e. The topological polar surface area (TPSA) is 98.3 Å². The number of carboxylic acid groups (broad SMARTS) is 1. The van der Waals surface area contributed by atoms with E-state index in [1.54, 1.807) is 6.20 Å². The molecule has 7 heteroatoms. The van der Waals surface area contributed by atoms with Crippen molar-refractivity contribution in [1.82, 2.24) is 20.4 Å². The first-order valence-electron chi connectivity index (χ1n) is 6.93. The molecule has 2 heterocycles. The summed E-state index contributed by atoms with van der Waals surface area (Å²) in [6.45, 7) is 1.11. The number of piperidine rings is 1. The number of carbonyl (C=O) groups is 2. The van der Waals surface area contributed by atoms with Gasteiger partial charge in [-0.25, -0.2) is 4.79 Å². The maximum Gasteiger partial charge on any atom is 0.317 e. The number of H-pyrrole nitrogens is 1. The van der Waals surface area contributed by atoms with Crippen LogP contribution in [0, 0.1) is 0 Å². The molecule has 2 rings (SSSR count). The smallest absolute Gasteiger partial charge is 0.317 e. The Morgan fingerprint density at radius 2 is 2.35 bits per heavy atom. The zero-order valence-electron chi connectivity index (χ0n) is 11.3. The predicted molar refractivity (Wildman–Crippen MR) is 72.2 cm³/mol. The number of aromatic amines is 1. The van der Waals surface area contributed by atoms with Crippen LogP contribution in [0.3, 0.4) is 0 Å². The van der Waals surface area contributed by atoms with E-state index in [2.05, 4.69) is 15.5 Å². The largest absolute Gasteiger partial charge is 0.481 e. The zero-order chi connectivity index (χ0) is 14.4. The molecule has 1 unspecified atom stereocenters. The lowest BCUT2D eigenvalue weighted by molar-refractivity contribution is -0.137. The number of likely N-dealkylation sites (tertiary alicyclic amines) is 1. The highest BCUT2D eigenvalue weighted by Gasteiger charge is 2.28. The van der Waals surface area contributed by atoms with Crippen LogP contribution in [-0.4, -0.2) is 45.3 Å². The van der Waals surface area contributed by atoms with E-state index in [9.17, 15) is 9.59 Å². The Bertz CT molecular complexity index is 446. The van der Waals surface area contributed by atoms with Gasteiger partial charge in [-0.05, 0) is 25.7 Å². The summed E-state index contributed by atoms with van der Waals surface area (Å²) in [5.41, 5.74) is 1.02. The number of carboxylic acids is 1. The van der Waals surface area contributed by atoms with Gasteiger partial charge in [-0.1, -0.05) is 0 Å². The molecule has 0 saturated carbocycles. The van der Waals surface area contributed by atoms with E-state index in [4.69, 9.17) is 5.11 Å². The van der Waals surface area contributed by atoms with Gasteiger partial charge in [-0.15, -0.1) is 0 Å². The van der Waals surface area contributed by atoms with E-state index in [1.807, 2.05) is 11.1 Å². The summed E-state index contributed by atoms with van der Waals surface area (Å²) in [5.74, 6) is -0.839. The fraction of sp³-hybridized carbons (Fsp3) is 0.615. The third-order valence-corrected chi connectivity index (χ3v) is 3.51. The van der Waals surface area contributed by atoms with Crippen molar-refractivity contribution in [2.75, 3.05) is 13.1 Å². The number of rotatable bonds is 5. The van der Waals surface area contributed by atoms with Crippen LogP contribution < -0.4 is 5.32 Å². The Morgan fingerprint density at radius 3 is 3.05 bits per heavy atom. The van der Waals surface area contributed by atoms with E-state index in [0.29, 0.717) is 13.0 Å². The number of carbonyl (C=O) groups excluding carboxylic acids is 1. The first kappa shape index (κ1) is 14.4. The second kappa shape index (κ2) is 6.93. The molecule has 1 aliphatic rings. The number of urea groups is 1. The molecule has 1 fully saturated rings. The maximum atomic E-state index is 12.2. The summed E-state index contributed by atoms with van der Waals surface area (Å²) in [4.78, 5) is 24.4. The maximum absolute atomic E-state index is 12.2. The van der Waals surface area contributed by atoms with Crippen molar-refractivity contribution in [3.05, 3.63) is 18.0 Å². The average molecular weight is 280 g/mol.